The molecule has 0 aromatic heterocycles. The van der Waals surface area contributed by atoms with Gasteiger partial charge >= 0.3 is 11.8 Å². The Bertz CT molecular complexity index is 915. The largest absolute Gasteiger partial charge is 0.454 e. The van der Waals surface area contributed by atoms with Gasteiger partial charge in [0.1, 0.15) is 0 Å². The zero-order chi connectivity index (χ0) is 20.4. The maximum atomic E-state index is 12.6. The van der Waals surface area contributed by atoms with Crippen LogP contribution in [0.15, 0.2) is 36.4 Å². The van der Waals surface area contributed by atoms with E-state index in [9.17, 15) is 9.59 Å². The van der Waals surface area contributed by atoms with Gasteiger partial charge in [-0.2, -0.15) is 0 Å². The maximum Gasteiger partial charge on any atom is 0.313 e. The van der Waals surface area contributed by atoms with Crippen LogP contribution in [0, 0.1) is 13.8 Å². The first kappa shape index (κ1) is 19.3. The van der Waals surface area contributed by atoms with Gasteiger partial charge in [0.05, 0.1) is 0 Å². The van der Waals surface area contributed by atoms with Crippen molar-refractivity contribution in [1.29, 1.82) is 0 Å². The van der Waals surface area contributed by atoms with Gasteiger partial charge in [0.15, 0.2) is 11.5 Å². The lowest BCUT2D eigenvalue weighted by Crippen LogP contribution is -2.51. The number of hydrogen-bond donors (Lipinski definition) is 1. The molecule has 0 spiro atoms. The molecule has 2 aromatic carbocycles. The molecule has 2 heterocycles. The minimum Gasteiger partial charge on any atom is -0.454 e. The summed E-state index contributed by atoms with van der Waals surface area (Å²) in [7, 11) is 0. The molecule has 2 amide bonds. The molecule has 0 unspecified atom stereocenters. The van der Waals surface area contributed by atoms with E-state index in [1.165, 1.54) is 0 Å². The third-order valence-electron chi connectivity index (χ3n) is 5.42. The number of rotatable bonds is 3. The fourth-order valence-corrected chi connectivity index (χ4v) is 3.73. The van der Waals surface area contributed by atoms with Crippen molar-refractivity contribution >= 4 is 17.5 Å². The van der Waals surface area contributed by atoms with Crippen LogP contribution in [0.5, 0.6) is 11.5 Å². The van der Waals surface area contributed by atoms with E-state index < -0.39 is 11.8 Å². The smallest absolute Gasteiger partial charge is 0.313 e. The lowest BCUT2D eigenvalue weighted by Gasteiger charge is -2.34. The second-order valence-corrected chi connectivity index (χ2v) is 7.48. The van der Waals surface area contributed by atoms with Crippen molar-refractivity contribution in [2.24, 2.45) is 0 Å². The third kappa shape index (κ3) is 4.19. The molecule has 4 rings (SSSR count). The third-order valence-corrected chi connectivity index (χ3v) is 5.42. The van der Waals surface area contributed by atoms with Crippen LogP contribution in [0.3, 0.4) is 0 Å². The highest BCUT2D eigenvalue weighted by molar-refractivity contribution is 6.39. The number of nitrogens with zero attached hydrogens (tertiary/aromatic N) is 2. The number of ether oxygens (including phenoxy) is 2. The van der Waals surface area contributed by atoms with E-state index >= 15 is 0 Å². The number of amides is 2. The second-order valence-electron chi connectivity index (χ2n) is 7.48. The van der Waals surface area contributed by atoms with Gasteiger partial charge in [-0.3, -0.25) is 14.5 Å². The second kappa shape index (κ2) is 8.13. The van der Waals surface area contributed by atoms with Crippen molar-refractivity contribution in [2.45, 2.75) is 20.4 Å². The highest BCUT2D eigenvalue weighted by atomic mass is 16.7. The SMILES string of the molecule is Cc1cccc(C)c1NC(=O)C(=O)N1CCN(Cc2ccc3c(c2)OCO3)CC1. The minimum atomic E-state index is -0.577. The molecule has 2 aliphatic rings. The molecule has 0 aliphatic carbocycles. The molecule has 0 bridgehead atoms. The summed E-state index contributed by atoms with van der Waals surface area (Å²) in [6, 6.07) is 11.7. The quantitative estimate of drug-likeness (QED) is 0.808. The van der Waals surface area contributed by atoms with E-state index in [0.29, 0.717) is 18.8 Å². The Hall–Kier alpha value is -3.06. The molecule has 152 valence electrons. The summed E-state index contributed by atoms with van der Waals surface area (Å²) in [5, 5.41) is 2.78. The van der Waals surface area contributed by atoms with Gasteiger partial charge in [0.25, 0.3) is 0 Å². The topological polar surface area (TPSA) is 71.1 Å². The van der Waals surface area contributed by atoms with Crippen molar-refractivity contribution in [3.05, 3.63) is 53.1 Å². The van der Waals surface area contributed by atoms with Crippen LogP contribution in [-0.4, -0.2) is 54.6 Å². The Morgan fingerprint density at radius 1 is 0.966 bits per heavy atom. The highest BCUT2D eigenvalue weighted by Crippen LogP contribution is 2.32. The molecule has 29 heavy (non-hydrogen) atoms. The number of anilines is 1. The average molecular weight is 395 g/mol. The van der Waals surface area contributed by atoms with E-state index in [-0.39, 0.29) is 6.79 Å². The van der Waals surface area contributed by atoms with E-state index in [1.807, 2.05) is 50.2 Å². The van der Waals surface area contributed by atoms with E-state index in [4.69, 9.17) is 9.47 Å². The van der Waals surface area contributed by atoms with Crippen LogP contribution in [0.2, 0.25) is 0 Å². The van der Waals surface area contributed by atoms with E-state index in [2.05, 4.69) is 10.2 Å². The molecular formula is C22H25N3O4. The molecule has 7 nitrogen and oxygen atoms in total. The summed E-state index contributed by atoms with van der Waals surface area (Å²) in [4.78, 5) is 28.9. The minimum absolute atomic E-state index is 0.268. The highest BCUT2D eigenvalue weighted by Gasteiger charge is 2.27. The number of benzene rings is 2. The first-order chi connectivity index (χ1) is 14.0. The molecular weight excluding hydrogens is 370 g/mol. The fraction of sp³-hybridized carbons (Fsp3) is 0.364. The number of fused-ring (bicyclic) bond motifs is 1. The van der Waals surface area contributed by atoms with Crippen LogP contribution < -0.4 is 14.8 Å². The van der Waals surface area contributed by atoms with Gasteiger partial charge in [-0.05, 0) is 42.7 Å². The Kier molecular flexibility index (Phi) is 5.40. The van der Waals surface area contributed by atoms with Crippen molar-refractivity contribution in [2.75, 3.05) is 38.3 Å². The van der Waals surface area contributed by atoms with E-state index in [1.54, 1.807) is 4.90 Å². The molecule has 0 saturated carbocycles. The van der Waals surface area contributed by atoms with Crippen molar-refractivity contribution in [3.63, 3.8) is 0 Å². The zero-order valence-corrected chi connectivity index (χ0v) is 16.7. The summed E-state index contributed by atoms with van der Waals surface area (Å²) in [5.74, 6) is 0.501. The molecule has 2 aromatic rings. The van der Waals surface area contributed by atoms with Crippen LogP contribution in [0.25, 0.3) is 0 Å². The number of carbonyl (C=O) groups excluding carboxylic acids is 2. The number of nitrogens with one attached hydrogen (secondary N) is 1. The van der Waals surface area contributed by atoms with Gasteiger partial charge in [-0.15, -0.1) is 0 Å². The predicted octanol–water partition coefficient (Wildman–Crippen LogP) is 2.32. The molecule has 1 fully saturated rings. The fourth-order valence-electron chi connectivity index (χ4n) is 3.73. The molecule has 1 saturated heterocycles. The molecule has 0 atom stereocenters. The predicted molar refractivity (Wildman–Crippen MR) is 109 cm³/mol. The zero-order valence-electron chi connectivity index (χ0n) is 16.7. The normalized spacial score (nSPS) is 16.0. The molecule has 1 N–H and O–H groups in total. The molecule has 2 aliphatic heterocycles. The van der Waals surface area contributed by atoms with Crippen LogP contribution in [-0.2, 0) is 16.1 Å². The Morgan fingerprint density at radius 3 is 2.38 bits per heavy atom. The first-order valence-corrected chi connectivity index (χ1v) is 9.78. The Labute approximate surface area is 170 Å². The maximum absolute atomic E-state index is 12.6. The summed E-state index contributed by atoms with van der Waals surface area (Å²) in [5.41, 5.74) is 3.74. The number of para-hydroxylation sites is 1. The monoisotopic (exact) mass is 395 g/mol. The van der Waals surface area contributed by atoms with Crippen molar-refractivity contribution in [1.82, 2.24) is 9.80 Å². The summed E-state index contributed by atoms with van der Waals surface area (Å²) in [6.45, 7) is 7.38. The number of carbonyl (C=O) groups is 2. The average Bonchev–Trinajstić information content (AvgIpc) is 3.18. The summed E-state index contributed by atoms with van der Waals surface area (Å²) >= 11 is 0. The van der Waals surface area contributed by atoms with Gasteiger partial charge in [0, 0.05) is 38.4 Å². The molecule has 7 heteroatoms. The van der Waals surface area contributed by atoms with Crippen LogP contribution in [0.1, 0.15) is 16.7 Å². The van der Waals surface area contributed by atoms with Crippen molar-refractivity contribution in [3.8, 4) is 11.5 Å². The standard InChI is InChI=1S/C22H25N3O4/c1-15-4-3-5-16(2)20(15)23-21(26)22(27)25-10-8-24(9-11-25)13-17-6-7-18-19(12-17)29-14-28-18/h3-7,12H,8-11,13-14H2,1-2H3,(H,23,26). The van der Waals surface area contributed by atoms with Crippen molar-refractivity contribution < 1.29 is 19.1 Å². The van der Waals surface area contributed by atoms with Crippen LogP contribution in [0.4, 0.5) is 5.69 Å². The molecule has 0 radical (unpaired) electrons. The lowest BCUT2D eigenvalue weighted by molar-refractivity contribution is -0.144. The summed E-state index contributed by atoms with van der Waals surface area (Å²) < 4.78 is 10.8. The Morgan fingerprint density at radius 2 is 1.66 bits per heavy atom. The van der Waals surface area contributed by atoms with E-state index in [0.717, 1.165) is 47.8 Å². The first-order valence-electron chi connectivity index (χ1n) is 9.78. The van der Waals surface area contributed by atoms with Gasteiger partial charge in [-0.1, -0.05) is 24.3 Å². The van der Waals surface area contributed by atoms with Gasteiger partial charge in [-0.25, -0.2) is 0 Å². The number of aryl methyl sites for hydroxylation is 2. The van der Waals surface area contributed by atoms with Crippen LogP contribution >= 0.6 is 0 Å². The number of hydrogen-bond acceptors (Lipinski definition) is 5. The van der Waals surface area contributed by atoms with Gasteiger partial charge < -0.3 is 19.7 Å². The lowest BCUT2D eigenvalue weighted by atomic mass is 10.1. The Balaban J connectivity index is 1.31. The number of piperazine rings is 1. The summed E-state index contributed by atoms with van der Waals surface area (Å²) in [6.07, 6.45) is 0. The van der Waals surface area contributed by atoms with Gasteiger partial charge in [0.2, 0.25) is 6.79 Å².